The molecule has 21 heavy (non-hydrogen) atoms. The molecule has 2 rings (SSSR count). The van der Waals surface area contributed by atoms with Crippen molar-refractivity contribution < 1.29 is 13.3 Å². The van der Waals surface area contributed by atoms with Gasteiger partial charge in [0.15, 0.2) is 6.20 Å². The molecule has 1 aliphatic rings. The van der Waals surface area contributed by atoms with E-state index in [0.717, 1.165) is 38.2 Å². The van der Waals surface area contributed by atoms with E-state index in [1.165, 1.54) is 10.4 Å². The van der Waals surface area contributed by atoms with Gasteiger partial charge in [-0.2, -0.15) is 4.31 Å². The largest absolute Gasteiger partial charge is 0.363 e. The van der Waals surface area contributed by atoms with Crippen LogP contribution >= 0.6 is 0 Å². The van der Waals surface area contributed by atoms with Gasteiger partial charge in [-0.1, -0.05) is 6.92 Å². The summed E-state index contributed by atoms with van der Waals surface area (Å²) in [5.74, 6) is -0.362. The van der Waals surface area contributed by atoms with Crippen molar-refractivity contribution in [2.75, 3.05) is 19.6 Å². The summed E-state index contributed by atoms with van der Waals surface area (Å²) >= 11 is 0. The average molecular weight is 314 g/mol. The van der Waals surface area contributed by atoms with E-state index >= 15 is 0 Å². The monoisotopic (exact) mass is 314 g/mol. The van der Waals surface area contributed by atoms with Crippen molar-refractivity contribution in [1.82, 2.24) is 14.6 Å². The first kappa shape index (κ1) is 15.8. The second-order valence-electron chi connectivity index (χ2n) is 4.80. The second-order valence-corrected chi connectivity index (χ2v) is 6.69. The maximum absolute atomic E-state index is 12.6. The average Bonchev–Trinajstić information content (AvgIpc) is 2.49. The van der Waals surface area contributed by atoms with Gasteiger partial charge in [0, 0.05) is 18.7 Å². The minimum Gasteiger partial charge on any atom is -0.358 e. The van der Waals surface area contributed by atoms with Crippen molar-refractivity contribution in [2.24, 2.45) is 0 Å². The van der Waals surface area contributed by atoms with Crippen LogP contribution in [-0.4, -0.2) is 48.3 Å². The minimum absolute atomic E-state index is 0.00603. The molecular weight excluding hydrogens is 296 g/mol. The molecular formula is C12H18N4O4S. The highest BCUT2D eigenvalue weighted by atomic mass is 32.2. The van der Waals surface area contributed by atoms with E-state index in [1.807, 2.05) is 0 Å². The van der Waals surface area contributed by atoms with Crippen LogP contribution in [0.3, 0.4) is 0 Å². The number of nitrogens with one attached hydrogen (secondary N) is 1. The van der Waals surface area contributed by atoms with Gasteiger partial charge in [0.25, 0.3) is 0 Å². The quantitative estimate of drug-likeness (QED) is 0.635. The molecule has 0 atom stereocenters. The first-order valence-electron chi connectivity index (χ1n) is 6.80. The standard InChI is InChI=1S/C12H18N4O4S/c1-2-15(10-5-7-13-8-6-10)21(19,20)11-3-4-12(14-9-11)16(17)18/h3-4,9-10,13H,2,5-8H2,1H3. The maximum Gasteiger partial charge on any atom is 0.363 e. The molecule has 1 aromatic heterocycles. The fourth-order valence-electron chi connectivity index (χ4n) is 2.49. The normalized spacial score (nSPS) is 17.0. The lowest BCUT2D eigenvalue weighted by atomic mass is 10.1. The van der Waals surface area contributed by atoms with E-state index in [-0.39, 0.29) is 16.8 Å². The number of pyridine rings is 1. The van der Waals surface area contributed by atoms with Gasteiger partial charge < -0.3 is 15.4 Å². The van der Waals surface area contributed by atoms with E-state index in [9.17, 15) is 18.5 Å². The Hall–Kier alpha value is -1.58. The molecule has 0 aromatic carbocycles. The number of aromatic nitrogens is 1. The van der Waals surface area contributed by atoms with Crippen LogP contribution in [0.4, 0.5) is 5.82 Å². The van der Waals surface area contributed by atoms with Crippen LogP contribution < -0.4 is 5.32 Å². The lowest BCUT2D eigenvalue weighted by Crippen LogP contribution is -2.45. The molecule has 0 bridgehead atoms. The lowest BCUT2D eigenvalue weighted by Gasteiger charge is -2.32. The predicted molar refractivity (Wildman–Crippen MR) is 76.3 cm³/mol. The lowest BCUT2D eigenvalue weighted by molar-refractivity contribution is -0.389. The summed E-state index contributed by atoms with van der Waals surface area (Å²) in [6, 6.07) is 2.31. The molecule has 8 nitrogen and oxygen atoms in total. The van der Waals surface area contributed by atoms with E-state index in [4.69, 9.17) is 0 Å². The molecule has 9 heteroatoms. The van der Waals surface area contributed by atoms with Crippen molar-refractivity contribution >= 4 is 15.8 Å². The third kappa shape index (κ3) is 3.36. The molecule has 1 N–H and O–H groups in total. The highest BCUT2D eigenvalue weighted by molar-refractivity contribution is 7.89. The summed E-state index contributed by atoms with van der Waals surface area (Å²) in [7, 11) is -3.67. The number of hydrogen-bond acceptors (Lipinski definition) is 6. The summed E-state index contributed by atoms with van der Waals surface area (Å²) in [6.45, 7) is 3.73. The first-order valence-corrected chi connectivity index (χ1v) is 8.24. The molecule has 0 amide bonds. The first-order chi connectivity index (χ1) is 9.96. The Balaban J connectivity index is 2.27. The highest BCUT2D eigenvalue weighted by Gasteiger charge is 2.32. The Bertz CT molecular complexity index is 596. The number of sulfonamides is 1. The summed E-state index contributed by atoms with van der Waals surface area (Å²) in [5.41, 5.74) is 0. The van der Waals surface area contributed by atoms with Crippen molar-refractivity contribution in [1.29, 1.82) is 0 Å². The Morgan fingerprint density at radius 2 is 2.10 bits per heavy atom. The second kappa shape index (κ2) is 6.46. The Morgan fingerprint density at radius 1 is 1.43 bits per heavy atom. The number of piperidine rings is 1. The Morgan fingerprint density at radius 3 is 2.57 bits per heavy atom. The zero-order chi connectivity index (χ0) is 15.5. The van der Waals surface area contributed by atoms with Crippen LogP contribution in [-0.2, 0) is 10.0 Å². The van der Waals surface area contributed by atoms with Gasteiger partial charge in [0.1, 0.15) is 4.90 Å². The van der Waals surface area contributed by atoms with Crippen molar-refractivity contribution in [3.8, 4) is 0 Å². The Kier molecular flexibility index (Phi) is 4.86. The van der Waals surface area contributed by atoms with Crippen molar-refractivity contribution in [3.05, 3.63) is 28.4 Å². The van der Waals surface area contributed by atoms with Gasteiger partial charge in [-0.15, -0.1) is 0 Å². The molecule has 0 spiro atoms. The van der Waals surface area contributed by atoms with Crippen LogP contribution in [0.1, 0.15) is 19.8 Å². The maximum atomic E-state index is 12.6. The SMILES string of the molecule is CCN(C1CCNCC1)S(=O)(=O)c1ccc([N+](=O)[O-])nc1. The number of nitro groups is 1. The third-order valence-electron chi connectivity index (χ3n) is 3.54. The van der Waals surface area contributed by atoms with Gasteiger partial charge in [-0.3, -0.25) is 0 Å². The van der Waals surface area contributed by atoms with Crippen LogP contribution in [0.2, 0.25) is 0 Å². The van der Waals surface area contributed by atoms with Crippen molar-refractivity contribution in [3.63, 3.8) is 0 Å². The number of rotatable bonds is 5. The number of nitrogens with zero attached hydrogens (tertiary/aromatic N) is 3. The van der Waals surface area contributed by atoms with Gasteiger partial charge in [-0.05, 0) is 41.9 Å². The molecule has 1 fully saturated rings. The predicted octanol–water partition coefficient (Wildman–Crippen LogP) is 0.752. The summed E-state index contributed by atoms with van der Waals surface area (Å²) in [4.78, 5) is 13.5. The molecule has 0 unspecified atom stereocenters. The van der Waals surface area contributed by atoms with Crippen LogP contribution in [0.5, 0.6) is 0 Å². The molecule has 0 saturated carbocycles. The summed E-state index contributed by atoms with van der Waals surface area (Å²) < 4.78 is 26.7. The van der Waals surface area contributed by atoms with Crippen LogP contribution in [0.15, 0.2) is 23.2 Å². The molecule has 1 saturated heterocycles. The third-order valence-corrected chi connectivity index (χ3v) is 5.55. The van der Waals surface area contributed by atoms with E-state index < -0.39 is 14.9 Å². The van der Waals surface area contributed by atoms with Crippen LogP contribution in [0.25, 0.3) is 0 Å². The minimum atomic E-state index is -3.67. The zero-order valence-electron chi connectivity index (χ0n) is 11.7. The Labute approximate surface area is 123 Å². The fourth-order valence-corrected chi connectivity index (χ4v) is 4.13. The van der Waals surface area contributed by atoms with Gasteiger partial charge in [-0.25, -0.2) is 8.42 Å². The number of hydrogen-bond donors (Lipinski definition) is 1. The molecule has 2 heterocycles. The molecule has 0 radical (unpaired) electrons. The zero-order valence-corrected chi connectivity index (χ0v) is 12.5. The van der Waals surface area contributed by atoms with E-state index in [1.54, 1.807) is 6.92 Å². The van der Waals surface area contributed by atoms with Crippen molar-refractivity contribution in [2.45, 2.75) is 30.7 Å². The summed E-state index contributed by atoms with van der Waals surface area (Å²) in [6.07, 6.45) is 2.57. The van der Waals surface area contributed by atoms with Gasteiger partial charge >= 0.3 is 5.82 Å². The van der Waals surface area contributed by atoms with Gasteiger partial charge in [0.2, 0.25) is 10.0 Å². The molecule has 1 aromatic rings. The topological polar surface area (TPSA) is 105 Å². The smallest absolute Gasteiger partial charge is 0.358 e. The highest BCUT2D eigenvalue weighted by Crippen LogP contribution is 2.22. The molecule has 1 aliphatic heterocycles. The fraction of sp³-hybridized carbons (Fsp3) is 0.583. The molecule has 0 aliphatic carbocycles. The van der Waals surface area contributed by atoms with Crippen LogP contribution in [0, 0.1) is 10.1 Å². The van der Waals surface area contributed by atoms with E-state index in [2.05, 4.69) is 10.3 Å². The van der Waals surface area contributed by atoms with Gasteiger partial charge in [0.05, 0.1) is 0 Å². The van der Waals surface area contributed by atoms with E-state index in [0.29, 0.717) is 6.54 Å². The molecule has 116 valence electrons. The summed E-state index contributed by atoms with van der Waals surface area (Å²) in [5, 5.41) is 13.8.